The Morgan fingerprint density at radius 1 is 1.22 bits per heavy atom. The van der Waals surface area contributed by atoms with Gasteiger partial charge in [0.15, 0.2) is 0 Å². The molecule has 2 atom stereocenters. The maximum absolute atomic E-state index is 12.5. The molecule has 0 aliphatic carbocycles. The van der Waals surface area contributed by atoms with Gasteiger partial charge in [-0.15, -0.1) is 0 Å². The van der Waals surface area contributed by atoms with E-state index in [1.165, 1.54) is 0 Å². The first kappa shape index (κ1) is 15.5. The maximum Gasteiger partial charge on any atom is 0.241 e. The lowest BCUT2D eigenvalue weighted by molar-refractivity contribution is -0.132. The number of nitrogens with one attached hydrogen (secondary N) is 1. The van der Waals surface area contributed by atoms with Crippen molar-refractivity contribution in [3.05, 3.63) is 0 Å². The third-order valence-corrected chi connectivity index (χ3v) is 3.27. The maximum atomic E-state index is 12.5. The number of carbonyl (C=O) groups is 1. The predicted octanol–water partition coefficient (Wildman–Crippen LogP) is 2.86. The van der Waals surface area contributed by atoms with Crippen molar-refractivity contribution < 1.29 is 4.79 Å². The molecule has 1 rings (SSSR count). The molecule has 106 valence electrons. The minimum Gasteiger partial charge on any atom is -0.325 e. The van der Waals surface area contributed by atoms with Crippen molar-refractivity contribution in [1.29, 1.82) is 0 Å². The predicted molar refractivity (Wildman–Crippen MR) is 76.2 cm³/mol. The molecule has 0 radical (unpaired) electrons. The molecule has 18 heavy (non-hydrogen) atoms. The van der Waals surface area contributed by atoms with E-state index in [4.69, 9.17) is 0 Å². The summed E-state index contributed by atoms with van der Waals surface area (Å²) < 4.78 is 0. The number of rotatable bonds is 4. The second kappa shape index (κ2) is 5.60. The fourth-order valence-electron chi connectivity index (χ4n) is 2.58. The van der Waals surface area contributed by atoms with Gasteiger partial charge in [0.25, 0.3) is 0 Å². The van der Waals surface area contributed by atoms with E-state index >= 15 is 0 Å². The molecule has 1 amide bonds. The second-order valence-corrected chi connectivity index (χ2v) is 7.56. The summed E-state index contributed by atoms with van der Waals surface area (Å²) in [5, 5.41) is 3.52. The van der Waals surface area contributed by atoms with Gasteiger partial charge >= 0.3 is 0 Å². The number of hydrogen-bond donors (Lipinski definition) is 1. The van der Waals surface area contributed by atoms with Crippen molar-refractivity contribution in [3.8, 4) is 0 Å². The van der Waals surface area contributed by atoms with Crippen LogP contribution in [-0.4, -0.2) is 29.6 Å². The molecule has 0 bridgehead atoms. The van der Waals surface area contributed by atoms with Gasteiger partial charge in [-0.3, -0.25) is 10.1 Å². The van der Waals surface area contributed by atoms with Gasteiger partial charge < -0.3 is 4.90 Å². The second-order valence-electron chi connectivity index (χ2n) is 7.56. The highest BCUT2D eigenvalue weighted by molar-refractivity contribution is 5.84. The van der Waals surface area contributed by atoms with Crippen LogP contribution < -0.4 is 5.32 Å². The van der Waals surface area contributed by atoms with E-state index in [0.717, 1.165) is 13.0 Å². The highest BCUT2D eigenvalue weighted by Crippen LogP contribution is 2.26. The summed E-state index contributed by atoms with van der Waals surface area (Å²) in [5.41, 5.74) is 0.150. The van der Waals surface area contributed by atoms with Crippen molar-refractivity contribution in [2.75, 3.05) is 6.54 Å². The minimum atomic E-state index is 0.0137. The molecule has 0 aromatic carbocycles. The molecule has 3 nitrogen and oxygen atoms in total. The fraction of sp³-hybridized carbons (Fsp3) is 0.933. The van der Waals surface area contributed by atoms with Gasteiger partial charge in [-0.25, -0.2) is 0 Å². The van der Waals surface area contributed by atoms with Gasteiger partial charge in [-0.05, 0) is 23.7 Å². The summed E-state index contributed by atoms with van der Waals surface area (Å²) in [6.45, 7) is 16.1. The zero-order chi connectivity index (χ0) is 14.1. The fourth-order valence-corrected chi connectivity index (χ4v) is 2.58. The Balaban J connectivity index is 2.81. The van der Waals surface area contributed by atoms with Crippen LogP contribution in [0.4, 0.5) is 0 Å². The average molecular weight is 254 g/mol. The zero-order valence-electron chi connectivity index (χ0n) is 13.1. The lowest BCUT2D eigenvalue weighted by Crippen LogP contribution is -2.45. The van der Waals surface area contributed by atoms with Gasteiger partial charge in [-0.1, -0.05) is 48.5 Å². The molecule has 3 heteroatoms. The zero-order valence-corrected chi connectivity index (χ0v) is 13.1. The molecule has 1 saturated heterocycles. The van der Waals surface area contributed by atoms with Gasteiger partial charge in [0.05, 0.1) is 12.2 Å². The Kier molecular flexibility index (Phi) is 4.82. The lowest BCUT2D eigenvalue weighted by Gasteiger charge is -2.32. The highest BCUT2D eigenvalue weighted by atomic mass is 16.2. The van der Waals surface area contributed by atoms with Crippen LogP contribution in [0.2, 0.25) is 0 Å². The third kappa shape index (κ3) is 3.98. The van der Waals surface area contributed by atoms with Crippen molar-refractivity contribution in [2.45, 2.75) is 67.1 Å². The van der Waals surface area contributed by atoms with Crippen LogP contribution in [0.3, 0.4) is 0 Å². The molecule has 1 heterocycles. The first-order chi connectivity index (χ1) is 8.11. The van der Waals surface area contributed by atoms with Crippen LogP contribution >= 0.6 is 0 Å². The van der Waals surface area contributed by atoms with Gasteiger partial charge in [0, 0.05) is 6.54 Å². The minimum absolute atomic E-state index is 0.0137. The van der Waals surface area contributed by atoms with Gasteiger partial charge in [0.1, 0.15) is 0 Å². The van der Waals surface area contributed by atoms with E-state index in [1.54, 1.807) is 0 Å². The van der Waals surface area contributed by atoms with Crippen LogP contribution in [0.5, 0.6) is 0 Å². The van der Waals surface area contributed by atoms with Crippen LogP contribution in [0, 0.1) is 17.3 Å². The van der Waals surface area contributed by atoms with Crippen molar-refractivity contribution in [3.63, 3.8) is 0 Å². The molecule has 2 unspecified atom stereocenters. The van der Waals surface area contributed by atoms with E-state index in [0.29, 0.717) is 11.8 Å². The summed E-state index contributed by atoms with van der Waals surface area (Å²) in [6.07, 6.45) is 1.13. The van der Waals surface area contributed by atoms with E-state index in [-0.39, 0.29) is 23.5 Å². The van der Waals surface area contributed by atoms with Crippen LogP contribution in [0.15, 0.2) is 0 Å². The Morgan fingerprint density at radius 2 is 1.78 bits per heavy atom. The van der Waals surface area contributed by atoms with Crippen LogP contribution in [0.25, 0.3) is 0 Å². The van der Waals surface area contributed by atoms with E-state index in [2.05, 4.69) is 58.7 Å². The average Bonchev–Trinajstić information content (AvgIpc) is 2.43. The molecular weight excluding hydrogens is 224 g/mol. The Hall–Kier alpha value is -0.570. The van der Waals surface area contributed by atoms with Crippen molar-refractivity contribution >= 4 is 5.91 Å². The summed E-state index contributed by atoms with van der Waals surface area (Å²) in [6, 6.07) is 0.0137. The summed E-state index contributed by atoms with van der Waals surface area (Å²) >= 11 is 0. The molecular formula is C15H30N2O. The largest absolute Gasteiger partial charge is 0.325 e. The lowest BCUT2D eigenvalue weighted by atomic mass is 9.95. The number of nitrogens with zero attached hydrogens (tertiary/aromatic N) is 1. The standard InChI is InChI=1S/C15H30N2O/c1-10(2)8-12-14(18)17(9-15(5,6)7)13(16-12)11(3)4/h10-13,16H,8-9H2,1-7H3. The highest BCUT2D eigenvalue weighted by Gasteiger charge is 2.41. The molecule has 0 spiro atoms. The van der Waals surface area contributed by atoms with Gasteiger partial charge in [-0.2, -0.15) is 0 Å². The quantitative estimate of drug-likeness (QED) is 0.836. The monoisotopic (exact) mass is 254 g/mol. The smallest absolute Gasteiger partial charge is 0.241 e. The van der Waals surface area contributed by atoms with Crippen LogP contribution in [0.1, 0.15) is 54.9 Å². The first-order valence-electron chi connectivity index (χ1n) is 7.18. The molecule has 1 aliphatic rings. The third-order valence-electron chi connectivity index (χ3n) is 3.27. The van der Waals surface area contributed by atoms with Crippen LogP contribution in [-0.2, 0) is 4.79 Å². The summed E-state index contributed by atoms with van der Waals surface area (Å²) in [4.78, 5) is 14.6. The molecule has 0 aromatic heterocycles. The summed E-state index contributed by atoms with van der Waals surface area (Å²) in [7, 11) is 0. The van der Waals surface area contributed by atoms with Crippen molar-refractivity contribution in [1.82, 2.24) is 10.2 Å². The summed E-state index contributed by atoms with van der Waals surface area (Å²) in [5.74, 6) is 1.29. The normalized spacial score (nSPS) is 25.6. The SMILES string of the molecule is CC(C)CC1NC(C(C)C)N(CC(C)(C)C)C1=O. The molecule has 1 aliphatic heterocycles. The number of amides is 1. The number of hydrogen-bond acceptors (Lipinski definition) is 2. The first-order valence-corrected chi connectivity index (χ1v) is 7.18. The topological polar surface area (TPSA) is 32.3 Å². The molecule has 0 saturated carbocycles. The Labute approximate surface area is 112 Å². The van der Waals surface area contributed by atoms with E-state index < -0.39 is 0 Å². The Bertz CT molecular complexity index is 291. The molecule has 0 aromatic rings. The van der Waals surface area contributed by atoms with Crippen molar-refractivity contribution in [2.24, 2.45) is 17.3 Å². The van der Waals surface area contributed by atoms with Gasteiger partial charge in [0.2, 0.25) is 5.91 Å². The van der Waals surface area contributed by atoms with E-state index in [9.17, 15) is 4.79 Å². The molecule has 1 N–H and O–H groups in total. The Morgan fingerprint density at radius 3 is 2.17 bits per heavy atom. The van der Waals surface area contributed by atoms with E-state index in [1.807, 2.05) is 0 Å². The number of carbonyl (C=O) groups excluding carboxylic acids is 1. The molecule has 1 fully saturated rings.